The summed E-state index contributed by atoms with van der Waals surface area (Å²) < 4.78 is 0. The Morgan fingerprint density at radius 2 is 1.84 bits per heavy atom. The number of nitrogens with zero attached hydrogens (tertiary/aromatic N) is 1. The third-order valence-corrected chi connectivity index (χ3v) is 3.58. The van der Waals surface area contributed by atoms with E-state index < -0.39 is 0 Å². The summed E-state index contributed by atoms with van der Waals surface area (Å²) in [5, 5.41) is 2.69. The summed E-state index contributed by atoms with van der Waals surface area (Å²) in [5.74, 6) is -0.196. The Balaban J connectivity index is 2.31. The average Bonchev–Trinajstić information content (AvgIpc) is 2.90. The van der Waals surface area contributed by atoms with Crippen LogP contribution in [0.15, 0.2) is 0 Å². The van der Waals surface area contributed by atoms with Crippen molar-refractivity contribution >= 4 is 17.6 Å². The molecule has 1 N–H and O–H groups in total. The lowest BCUT2D eigenvalue weighted by atomic mass is 9.98. The predicted molar refractivity (Wildman–Crippen MR) is 72.5 cm³/mol. The molecule has 5 nitrogen and oxygen atoms in total. The number of hydrogen-bond donors (Lipinski definition) is 1. The lowest BCUT2D eigenvalue weighted by Crippen LogP contribution is -2.40. The van der Waals surface area contributed by atoms with E-state index in [9.17, 15) is 14.4 Å². The predicted octanol–water partition coefficient (Wildman–Crippen LogP) is 1.12. The monoisotopic (exact) mass is 268 g/mol. The van der Waals surface area contributed by atoms with Crippen molar-refractivity contribution in [2.75, 3.05) is 19.6 Å². The molecular formula is C14H24N2O3. The largest absolute Gasteiger partial charge is 0.347 e. The molecule has 108 valence electrons. The lowest BCUT2D eigenvalue weighted by Gasteiger charge is -2.18. The maximum Gasteiger partial charge on any atom is 0.241 e. The smallest absolute Gasteiger partial charge is 0.241 e. The Morgan fingerprint density at radius 3 is 2.37 bits per heavy atom. The van der Waals surface area contributed by atoms with Crippen LogP contribution in [0, 0.1) is 5.92 Å². The van der Waals surface area contributed by atoms with Crippen molar-refractivity contribution in [3.63, 3.8) is 0 Å². The summed E-state index contributed by atoms with van der Waals surface area (Å²) in [6.07, 6.45) is 3.78. The first-order valence-electron chi connectivity index (χ1n) is 7.09. The van der Waals surface area contributed by atoms with Crippen LogP contribution in [0.1, 0.15) is 46.0 Å². The number of amides is 2. The minimum absolute atomic E-state index is 0.00716. The zero-order valence-corrected chi connectivity index (χ0v) is 11.9. The third kappa shape index (κ3) is 5.41. The van der Waals surface area contributed by atoms with Gasteiger partial charge in [0.25, 0.3) is 0 Å². The van der Waals surface area contributed by atoms with E-state index in [4.69, 9.17) is 0 Å². The van der Waals surface area contributed by atoms with Gasteiger partial charge >= 0.3 is 0 Å². The zero-order chi connectivity index (χ0) is 14.3. The molecule has 1 aliphatic heterocycles. The van der Waals surface area contributed by atoms with E-state index in [-0.39, 0.29) is 30.1 Å². The third-order valence-electron chi connectivity index (χ3n) is 3.58. The van der Waals surface area contributed by atoms with Crippen molar-refractivity contribution in [3.8, 4) is 0 Å². The maximum atomic E-state index is 11.9. The Hall–Kier alpha value is -1.39. The highest BCUT2D eigenvalue weighted by atomic mass is 16.2. The second-order valence-electron chi connectivity index (χ2n) is 5.15. The fraction of sp³-hybridized carbons (Fsp3) is 0.786. The first-order chi connectivity index (χ1) is 9.04. The molecule has 0 spiro atoms. The highest BCUT2D eigenvalue weighted by Crippen LogP contribution is 2.12. The molecule has 1 fully saturated rings. The number of carbonyl (C=O) groups is 3. The van der Waals surface area contributed by atoms with E-state index >= 15 is 0 Å². The molecule has 1 atom stereocenters. The molecule has 0 aromatic rings. The molecule has 0 radical (unpaired) electrons. The number of hydrogen-bond acceptors (Lipinski definition) is 3. The number of rotatable bonds is 7. The lowest BCUT2D eigenvalue weighted by molar-refractivity contribution is -0.133. The molecule has 1 rings (SSSR count). The molecule has 0 bridgehead atoms. The van der Waals surface area contributed by atoms with Crippen LogP contribution in [0.2, 0.25) is 0 Å². The average molecular weight is 268 g/mol. The SMILES string of the molecule is CCC(CCC(C)=O)C(=O)NCC(=O)N1CCCC1. The molecule has 1 unspecified atom stereocenters. The van der Waals surface area contributed by atoms with E-state index in [0.717, 1.165) is 25.9 Å². The minimum atomic E-state index is -0.171. The van der Waals surface area contributed by atoms with Gasteiger partial charge in [-0.2, -0.15) is 0 Å². The highest BCUT2D eigenvalue weighted by Gasteiger charge is 2.21. The van der Waals surface area contributed by atoms with Crippen molar-refractivity contribution in [1.29, 1.82) is 0 Å². The number of likely N-dealkylation sites (tertiary alicyclic amines) is 1. The van der Waals surface area contributed by atoms with Crippen LogP contribution in [0.25, 0.3) is 0 Å². The summed E-state index contributed by atoms with van der Waals surface area (Å²) in [6.45, 7) is 5.14. The van der Waals surface area contributed by atoms with Crippen LogP contribution >= 0.6 is 0 Å². The standard InChI is InChI=1S/C14H24N2O3/c1-3-12(7-6-11(2)17)14(19)15-10-13(18)16-8-4-5-9-16/h12H,3-10H2,1-2H3,(H,15,19). The van der Waals surface area contributed by atoms with Gasteiger partial charge in [0.2, 0.25) is 11.8 Å². The molecule has 0 aromatic heterocycles. The summed E-state index contributed by atoms with van der Waals surface area (Å²) in [5.41, 5.74) is 0. The van der Waals surface area contributed by atoms with Crippen molar-refractivity contribution in [2.24, 2.45) is 5.92 Å². The van der Waals surface area contributed by atoms with E-state index in [2.05, 4.69) is 5.32 Å². The van der Waals surface area contributed by atoms with Gasteiger partial charge in [-0.25, -0.2) is 0 Å². The quantitative estimate of drug-likeness (QED) is 0.752. The van der Waals surface area contributed by atoms with E-state index in [1.165, 1.54) is 6.92 Å². The molecule has 0 saturated carbocycles. The number of ketones is 1. The molecule has 2 amide bonds. The molecule has 0 aliphatic carbocycles. The van der Waals surface area contributed by atoms with Crippen LogP contribution in [-0.2, 0) is 14.4 Å². The first kappa shape index (κ1) is 15.7. The van der Waals surface area contributed by atoms with Crippen molar-refractivity contribution in [3.05, 3.63) is 0 Å². The second kappa shape index (κ2) is 7.92. The Labute approximate surface area is 114 Å². The molecule has 0 aromatic carbocycles. The molecule has 1 saturated heterocycles. The van der Waals surface area contributed by atoms with Gasteiger partial charge in [0, 0.05) is 25.4 Å². The van der Waals surface area contributed by atoms with Crippen LogP contribution in [0.4, 0.5) is 0 Å². The summed E-state index contributed by atoms with van der Waals surface area (Å²) >= 11 is 0. The van der Waals surface area contributed by atoms with Gasteiger partial charge in [-0.15, -0.1) is 0 Å². The van der Waals surface area contributed by atoms with Crippen LogP contribution in [0.3, 0.4) is 0 Å². The molecule has 19 heavy (non-hydrogen) atoms. The molecular weight excluding hydrogens is 244 g/mol. The fourth-order valence-electron chi connectivity index (χ4n) is 2.28. The fourth-order valence-corrected chi connectivity index (χ4v) is 2.28. The second-order valence-corrected chi connectivity index (χ2v) is 5.15. The maximum absolute atomic E-state index is 11.9. The summed E-state index contributed by atoms with van der Waals surface area (Å²) in [7, 11) is 0. The number of Topliss-reactive ketones (excluding diaryl/α,β-unsaturated/α-hetero) is 1. The molecule has 1 aliphatic rings. The molecule has 1 heterocycles. The van der Waals surface area contributed by atoms with Gasteiger partial charge in [-0.05, 0) is 32.6 Å². The summed E-state index contributed by atoms with van der Waals surface area (Å²) in [4.78, 5) is 36.4. The van der Waals surface area contributed by atoms with Gasteiger partial charge in [-0.3, -0.25) is 9.59 Å². The minimum Gasteiger partial charge on any atom is -0.347 e. The van der Waals surface area contributed by atoms with Crippen LogP contribution in [0.5, 0.6) is 0 Å². The number of carbonyl (C=O) groups excluding carboxylic acids is 3. The highest BCUT2D eigenvalue weighted by molar-refractivity contribution is 5.86. The van der Waals surface area contributed by atoms with Crippen molar-refractivity contribution in [2.45, 2.75) is 46.0 Å². The first-order valence-corrected chi connectivity index (χ1v) is 7.09. The topological polar surface area (TPSA) is 66.5 Å². The Morgan fingerprint density at radius 1 is 1.21 bits per heavy atom. The summed E-state index contributed by atoms with van der Waals surface area (Å²) in [6, 6.07) is 0. The zero-order valence-electron chi connectivity index (χ0n) is 11.9. The van der Waals surface area contributed by atoms with Crippen molar-refractivity contribution < 1.29 is 14.4 Å². The van der Waals surface area contributed by atoms with Gasteiger partial charge in [-0.1, -0.05) is 6.92 Å². The van der Waals surface area contributed by atoms with Gasteiger partial charge < -0.3 is 15.0 Å². The van der Waals surface area contributed by atoms with Gasteiger partial charge in [0.15, 0.2) is 0 Å². The Bertz CT molecular complexity index is 336. The van der Waals surface area contributed by atoms with Gasteiger partial charge in [0.1, 0.15) is 5.78 Å². The van der Waals surface area contributed by atoms with Gasteiger partial charge in [0.05, 0.1) is 6.54 Å². The van der Waals surface area contributed by atoms with Crippen LogP contribution < -0.4 is 5.32 Å². The molecule has 5 heteroatoms. The number of nitrogens with one attached hydrogen (secondary N) is 1. The van der Waals surface area contributed by atoms with Crippen molar-refractivity contribution in [1.82, 2.24) is 10.2 Å². The van der Waals surface area contributed by atoms with E-state index in [1.54, 1.807) is 4.90 Å². The Kier molecular flexibility index (Phi) is 6.53. The van der Waals surface area contributed by atoms with E-state index in [0.29, 0.717) is 19.3 Å². The van der Waals surface area contributed by atoms with E-state index in [1.807, 2.05) is 6.92 Å². The van der Waals surface area contributed by atoms with Crippen LogP contribution in [-0.4, -0.2) is 42.1 Å². The normalized spacial score (nSPS) is 16.2.